The van der Waals surface area contributed by atoms with Crippen LogP contribution in [0.15, 0.2) is 69.2 Å². The molecule has 6 heteroatoms. The van der Waals surface area contributed by atoms with Gasteiger partial charge in [0.2, 0.25) is 0 Å². The molecule has 0 bridgehead atoms. The van der Waals surface area contributed by atoms with Gasteiger partial charge in [-0.25, -0.2) is 4.39 Å². The Morgan fingerprint density at radius 1 is 1.35 bits per heavy atom. The van der Waals surface area contributed by atoms with Crippen molar-refractivity contribution < 1.29 is 4.39 Å². The van der Waals surface area contributed by atoms with Crippen LogP contribution in [0.4, 0.5) is 10.1 Å². The number of nitrogen functional groups attached to an aromatic ring is 1. The topological polar surface area (TPSA) is 77.8 Å². The molecule has 1 aromatic carbocycles. The second-order valence-electron chi connectivity index (χ2n) is 9.67. The van der Waals surface area contributed by atoms with Gasteiger partial charge in [0.1, 0.15) is 11.7 Å². The molecular weight excluding hydrogens is 461 g/mol. The molecule has 3 N–H and O–H groups in total. The van der Waals surface area contributed by atoms with Crippen LogP contribution in [0, 0.1) is 23.7 Å². The fourth-order valence-electron chi connectivity index (χ4n) is 5.26. The summed E-state index contributed by atoms with van der Waals surface area (Å²) in [4.78, 5) is 11.4. The van der Waals surface area contributed by atoms with Crippen LogP contribution in [0.5, 0.6) is 0 Å². The molecule has 0 spiro atoms. The van der Waals surface area contributed by atoms with E-state index in [1.54, 1.807) is 0 Å². The summed E-state index contributed by atoms with van der Waals surface area (Å²) in [5.41, 5.74) is 12.3. The first kappa shape index (κ1) is 26.1. The van der Waals surface area contributed by atoms with E-state index in [0.717, 1.165) is 35.1 Å². The number of fused-ring (bicyclic) bond motifs is 2. The molecule has 5 nitrogen and oxygen atoms in total. The Morgan fingerprint density at radius 2 is 2.14 bits per heavy atom. The Labute approximate surface area is 219 Å². The number of nitrogens with zero attached hydrogens (tertiary/aromatic N) is 3. The van der Waals surface area contributed by atoms with Crippen molar-refractivity contribution in [2.24, 2.45) is 15.9 Å². The number of allylic oxidation sites excluding steroid dienone is 6. The molecule has 1 fully saturated rings. The summed E-state index contributed by atoms with van der Waals surface area (Å²) in [6.45, 7) is 10.2. The minimum Gasteiger partial charge on any atom is -0.399 e. The summed E-state index contributed by atoms with van der Waals surface area (Å²) in [7, 11) is 0. The van der Waals surface area contributed by atoms with Crippen molar-refractivity contribution in [2.75, 3.05) is 12.3 Å². The Bertz CT molecular complexity index is 1360. The molecule has 0 aromatic heterocycles. The van der Waals surface area contributed by atoms with Gasteiger partial charge in [-0.3, -0.25) is 9.98 Å². The third-order valence-corrected chi connectivity index (χ3v) is 7.42. The van der Waals surface area contributed by atoms with Gasteiger partial charge in [-0.2, -0.15) is 0 Å². The first-order valence-electron chi connectivity index (χ1n) is 12.6. The molecule has 1 aliphatic heterocycles. The largest absolute Gasteiger partial charge is 0.399 e. The maximum Gasteiger partial charge on any atom is 0.139 e. The third kappa shape index (κ3) is 4.99. The van der Waals surface area contributed by atoms with Gasteiger partial charge in [-0.1, -0.05) is 24.1 Å². The van der Waals surface area contributed by atoms with Crippen LogP contribution >= 0.6 is 0 Å². The number of nitrogens with one attached hydrogen (secondary N) is 1. The van der Waals surface area contributed by atoms with Gasteiger partial charge in [0.25, 0.3) is 0 Å². The quantitative estimate of drug-likeness (QED) is 0.113. The summed E-state index contributed by atoms with van der Waals surface area (Å²) >= 11 is 0. The number of amidine groups is 1. The predicted octanol–water partition coefficient (Wildman–Crippen LogP) is 6.51. The second-order valence-corrected chi connectivity index (χ2v) is 9.67. The first-order chi connectivity index (χ1) is 17.9. The number of rotatable bonds is 7. The Kier molecular flexibility index (Phi) is 7.73. The normalized spacial score (nSPS) is 22.1. The zero-order chi connectivity index (χ0) is 26.7. The number of hydrogen-bond donors (Lipinski definition) is 2. The number of aliphatic imine (C=N–C) groups is 2. The number of hydrogen-bond acceptors (Lipinski definition) is 4. The van der Waals surface area contributed by atoms with Crippen LogP contribution in [0.25, 0.3) is 11.1 Å². The molecule has 1 heterocycles. The lowest BCUT2D eigenvalue weighted by Gasteiger charge is -2.27. The van der Waals surface area contributed by atoms with E-state index in [1.807, 2.05) is 45.1 Å². The zero-order valence-corrected chi connectivity index (χ0v) is 21.8. The van der Waals surface area contributed by atoms with E-state index in [2.05, 4.69) is 34.8 Å². The zero-order valence-electron chi connectivity index (χ0n) is 21.8. The highest BCUT2D eigenvalue weighted by Gasteiger charge is 2.44. The fraction of sp³-hybridized carbons (Fsp3) is 0.323. The highest BCUT2D eigenvalue weighted by molar-refractivity contribution is 6.16. The van der Waals surface area contributed by atoms with Gasteiger partial charge in [0.05, 0.1) is 23.4 Å². The smallest absolute Gasteiger partial charge is 0.139 e. The minimum atomic E-state index is -0.279. The summed E-state index contributed by atoms with van der Waals surface area (Å²) in [6.07, 6.45) is 18.2. The molecule has 190 valence electrons. The fourth-order valence-corrected chi connectivity index (χ4v) is 5.26. The number of halogens is 1. The average molecular weight is 496 g/mol. The van der Waals surface area contributed by atoms with E-state index >= 15 is 0 Å². The van der Waals surface area contributed by atoms with Crippen molar-refractivity contribution in [1.82, 2.24) is 4.90 Å². The summed E-state index contributed by atoms with van der Waals surface area (Å²) < 4.78 is 14.8. The van der Waals surface area contributed by atoms with Crippen molar-refractivity contribution >= 4 is 35.6 Å². The number of aryl methyl sites for hydroxylation is 1. The molecule has 2 atom stereocenters. The van der Waals surface area contributed by atoms with Crippen LogP contribution in [-0.2, 0) is 6.42 Å². The molecule has 0 amide bonds. The number of benzene rings is 1. The van der Waals surface area contributed by atoms with Crippen LogP contribution in [0.1, 0.15) is 56.7 Å². The van der Waals surface area contributed by atoms with Crippen LogP contribution in [0.2, 0.25) is 0 Å². The van der Waals surface area contributed by atoms with E-state index in [0.29, 0.717) is 53.3 Å². The maximum atomic E-state index is 14.8. The first-order valence-corrected chi connectivity index (χ1v) is 12.6. The molecule has 3 aliphatic rings. The standard InChI is InChI=1S/C31H34FN5/c1-6-8-13-36-31(37-14-9-10-21-16-28(21)37)26(18-33)30(35-5)20(4)19(3)25-17-23(34)15-22-11-12-27(32)24(7-2)29(22)25/h2,6,8-9,14-15,17-18,21,28,33H,5,10-13,16,34H2,1,3-4H3/b8-6-,20-19+,30-26-,33-18?,36-31?. The summed E-state index contributed by atoms with van der Waals surface area (Å²) in [5.74, 6) is 3.60. The number of nitrogens with two attached hydrogens (primary N) is 1. The number of anilines is 1. The lowest BCUT2D eigenvalue weighted by molar-refractivity contribution is 0.488. The van der Waals surface area contributed by atoms with Gasteiger partial charge in [0.15, 0.2) is 0 Å². The van der Waals surface area contributed by atoms with E-state index in [4.69, 9.17) is 22.6 Å². The molecule has 37 heavy (non-hydrogen) atoms. The van der Waals surface area contributed by atoms with E-state index in [-0.39, 0.29) is 17.8 Å². The average Bonchev–Trinajstić information content (AvgIpc) is 3.69. The van der Waals surface area contributed by atoms with Crippen LogP contribution < -0.4 is 5.73 Å². The van der Waals surface area contributed by atoms with Gasteiger partial charge in [-0.05, 0) is 87.1 Å². The molecule has 4 rings (SSSR count). The highest BCUT2D eigenvalue weighted by Crippen LogP contribution is 2.43. The van der Waals surface area contributed by atoms with Gasteiger partial charge in [-0.15, -0.1) is 6.42 Å². The maximum absolute atomic E-state index is 14.8. The third-order valence-electron chi connectivity index (χ3n) is 7.42. The monoisotopic (exact) mass is 495 g/mol. The molecular formula is C31H34FN5. The van der Waals surface area contributed by atoms with E-state index in [9.17, 15) is 4.39 Å². The molecule has 0 radical (unpaired) electrons. The molecule has 1 saturated carbocycles. The molecule has 2 unspecified atom stereocenters. The van der Waals surface area contributed by atoms with Gasteiger partial charge < -0.3 is 16.0 Å². The predicted molar refractivity (Wildman–Crippen MR) is 154 cm³/mol. The van der Waals surface area contributed by atoms with Gasteiger partial charge >= 0.3 is 0 Å². The second kappa shape index (κ2) is 11.0. The molecule has 1 aromatic rings. The Hall–Kier alpha value is -3.98. The van der Waals surface area contributed by atoms with Crippen molar-refractivity contribution in [1.29, 1.82) is 5.41 Å². The van der Waals surface area contributed by atoms with E-state index in [1.165, 1.54) is 6.21 Å². The van der Waals surface area contributed by atoms with Crippen molar-refractivity contribution in [2.45, 2.75) is 52.5 Å². The lowest BCUT2D eigenvalue weighted by atomic mass is 9.83. The van der Waals surface area contributed by atoms with E-state index < -0.39 is 0 Å². The number of terminal acetylenes is 1. The van der Waals surface area contributed by atoms with Gasteiger partial charge in [0, 0.05) is 36.1 Å². The SMILES string of the molecule is C#CC1=C(F)CCc2cc(N)cc(/C(C)=C(C)/C(N=C)=C(\C=N)C(=NC/C=C\C)N3C=CCC4CC43)c21. The molecule has 0 saturated heterocycles. The van der Waals surface area contributed by atoms with Crippen molar-refractivity contribution in [3.63, 3.8) is 0 Å². The Balaban J connectivity index is 1.91. The van der Waals surface area contributed by atoms with Crippen molar-refractivity contribution in [3.05, 3.63) is 75.9 Å². The van der Waals surface area contributed by atoms with Crippen LogP contribution in [-0.4, -0.2) is 36.3 Å². The Morgan fingerprint density at radius 3 is 2.81 bits per heavy atom. The lowest BCUT2D eigenvalue weighted by Crippen LogP contribution is -2.33. The molecule has 2 aliphatic carbocycles. The van der Waals surface area contributed by atoms with Crippen LogP contribution in [0.3, 0.4) is 0 Å². The van der Waals surface area contributed by atoms with Crippen molar-refractivity contribution in [3.8, 4) is 12.3 Å². The highest BCUT2D eigenvalue weighted by atomic mass is 19.1. The minimum absolute atomic E-state index is 0.270. The summed E-state index contributed by atoms with van der Waals surface area (Å²) in [5, 5.41) is 8.37. The summed E-state index contributed by atoms with van der Waals surface area (Å²) in [6, 6.07) is 4.09.